The average Bonchev–Trinajstić information content (AvgIpc) is 2.36. The minimum absolute atomic E-state index is 0.0334. The van der Waals surface area contributed by atoms with E-state index in [1.807, 2.05) is 0 Å². The lowest BCUT2D eigenvalue weighted by atomic mass is 10.1. The van der Waals surface area contributed by atoms with Crippen molar-refractivity contribution >= 4 is 41.6 Å². The van der Waals surface area contributed by atoms with Crippen molar-refractivity contribution in [1.82, 2.24) is 0 Å². The summed E-state index contributed by atoms with van der Waals surface area (Å²) in [5.41, 5.74) is 0.520. The molecule has 27 heavy (non-hydrogen) atoms. The molecule has 160 valence electrons. The Labute approximate surface area is 158 Å². The first-order valence-corrected chi connectivity index (χ1v) is 14.3. The van der Waals surface area contributed by atoms with Gasteiger partial charge in [0, 0.05) is 5.75 Å². The van der Waals surface area contributed by atoms with Crippen LogP contribution in [0.25, 0.3) is 0 Å². The number of rotatable bonds is 14. The van der Waals surface area contributed by atoms with E-state index >= 15 is 0 Å². The molecule has 0 radical (unpaired) electrons. The molecule has 0 rings (SSSR count). The molecule has 13 nitrogen and oxygen atoms in total. The van der Waals surface area contributed by atoms with Gasteiger partial charge in [0.15, 0.2) is 6.80 Å². The van der Waals surface area contributed by atoms with Gasteiger partial charge < -0.3 is 33.9 Å². The smallest absolute Gasteiger partial charge is 0.274 e. The maximum absolute atomic E-state index is 11.1. The molecule has 0 aromatic carbocycles. The van der Waals surface area contributed by atoms with Gasteiger partial charge in [-0.3, -0.25) is 22.6 Å². The molecule has 0 heterocycles. The SMILES string of the molecule is C=C(CC/C=C\CSP(=O)([O-])OP(=O)([O-])O)CCOP(=O)([O-])OP(=O)([O-])O. The summed E-state index contributed by atoms with van der Waals surface area (Å²) in [6.07, 6.45) is 3.69. The zero-order chi connectivity index (χ0) is 21.4. The standard InChI is InChI=1S/C9H20O13P4S/c1-9(6-7-20-25(16,17)21-23(10,11)12)5-3-2-4-8-27-26(18,19)22-24(13,14)15/h2,4H,1,3,5-8H2,(H,16,17)(H,18,19)(H2,10,11,12)(H2,13,14,15)/p-4/b4-2-. The highest BCUT2D eigenvalue weighted by Crippen LogP contribution is 2.60. The Balaban J connectivity index is 4.02. The molecule has 0 fully saturated rings. The van der Waals surface area contributed by atoms with Crippen molar-refractivity contribution in [3.05, 3.63) is 24.3 Å². The second-order valence-corrected chi connectivity index (χ2v) is 12.6. The van der Waals surface area contributed by atoms with Crippen molar-refractivity contribution in [2.45, 2.75) is 19.3 Å². The summed E-state index contributed by atoms with van der Waals surface area (Å²) in [6.45, 7) is -1.65. The van der Waals surface area contributed by atoms with Crippen LogP contribution in [0.5, 0.6) is 0 Å². The first kappa shape index (κ1) is 27.4. The summed E-state index contributed by atoms with van der Waals surface area (Å²) < 4.78 is 53.9. The molecule has 0 aliphatic rings. The quantitative estimate of drug-likeness (QED) is 0.241. The third kappa shape index (κ3) is 18.2. The Morgan fingerprint density at radius 1 is 0.963 bits per heavy atom. The summed E-state index contributed by atoms with van der Waals surface area (Å²) in [7, 11) is -16.1. The van der Waals surface area contributed by atoms with E-state index in [9.17, 15) is 37.8 Å². The van der Waals surface area contributed by atoms with Gasteiger partial charge in [-0.05, 0) is 19.3 Å². The Bertz CT molecular complexity index is 709. The summed E-state index contributed by atoms with van der Waals surface area (Å²) in [5, 5.41) is 0. The Morgan fingerprint density at radius 2 is 1.52 bits per heavy atom. The molecule has 0 spiro atoms. The molecule has 0 saturated carbocycles. The molecule has 2 N–H and O–H groups in total. The fourth-order valence-corrected chi connectivity index (χ4v) is 6.44. The first-order chi connectivity index (χ1) is 12.0. The van der Waals surface area contributed by atoms with E-state index in [0.29, 0.717) is 18.4 Å². The Hall–Kier alpha value is 0.390. The van der Waals surface area contributed by atoms with Crippen molar-refractivity contribution in [3.8, 4) is 0 Å². The van der Waals surface area contributed by atoms with Gasteiger partial charge in [-0.25, -0.2) is 4.31 Å². The second kappa shape index (κ2) is 11.5. The van der Waals surface area contributed by atoms with Crippen molar-refractivity contribution in [2.24, 2.45) is 0 Å². The molecular weight excluding hydrogens is 472 g/mol. The molecule has 0 aliphatic carbocycles. The molecular formula is C9H16O13P4S-4. The second-order valence-electron chi connectivity index (χ2n) is 4.63. The summed E-state index contributed by atoms with van der Waals surface area (Å²) in [6, 6.07) is 0. The monoisotopic (exact) mass is 488 g/mol. The van der Waals surface area contributed by atoms with Gasteiger partial charge in [-0.1, -0.05) is 35.7 Å². The molecule has 0 aliphatic heterocycles. The van der Waals surface area contributed by atoms with Gasteiger partial charge in [0.05, 0.1) is 6.61 Å². The normalized spacial score (nSPS) is 21.1. The fourth-order valence-electron chi connectivity index (χ4n) is 1.33. The minimum atomic E-state index is -5.49. The number of phosphoric acid groups is 3. The van der Waals surface area contributed by atoms with Crippen LogP contribution < -0.4 is 19.6 Å². The highest BCUT2D eigenvalue weighted by Gasteiger charge is 2.17. The van der Waals surface area contributed by atoms with Crippen LogP contribution in [0.2, 0.25) is 0 Å². The number of hydrogen-bond donors (Lipinski definition) is 2. The maximum atomic E-state index is 11.1. The van der Waals surface area contributed by atoms with Crippen molar-refractivity contribution in [2.75, 3.05) is 12.4 Å². The molecule has 0 aromatic rings. The van der Waals surface area contributed by atoms with Crippen LogP contribution in [-0.4, -0.2) is 22.1 Å². The van der Waals surface area contributed by atoms with Crippen LogP contribution in [0.3, 0.4) is 0 Å². The Kier molecular flexibility index (Phi) is 11.7. The largest absolute Gasteiger partial charge is 0.770 e. The van der Waals surface area contributed by atoms with E-state index in [-0.39, 0.29) is 23.6 Å². The van der Waals surface area contributed by atoms with Crippen molar-refractivity contribution in [1.29, 1.82) is 0 Å². The number of allylic oxidation sites excluding steroid dienone is 1. The highest BCUT2D eigenvalue weighted by atomic mass is 32.7. The highest BCUT2D eigenvalue weighted by molar-refractivity contribution is 8.54. The van der Waals surface area contributed by atoms with E-state index in [0.717, 1.165) is 0 Å². The summed E-state index contributed by atoms with van der Waals surface area (Å²) >= 11 is 0.153. The van der Waals surface area contributed by atoms with Crippen molar-refractivity contribution < 1.29 is 60.8 Å². The third-order valence-electron chi connectivity index (χ3n) is 2.27. The summed E-state index contributed by atoms with van der Waals surface area (Å²) in [5.74, 6) is -0.149. The van der Waals surface area contributed by atoms with E-state index in [2.05, 4.69) is 19.7 Å². The molecule has 0 saturated heterocycles. The molecule has 4 unspecified atom stereocenters. The molecule has 4 atom stereocenters. The fraction of sp³-hybridized carbons (Fsp3) is 0.556. The van der Waals surface area contributed by atoms with Gasteiger partial charge in [0.1, 0.15) is 0 Å². The van der Waals surface area contributed by atoms with Crippen molar-refractivity contribution in [3.63, 3.8) is 0 Å². The van der Waals surface area contributed by atoms with Crippen LogP contribution >= 0.6 is 41.6 Å². The predicted molar refractivity (Wildman–Crippen MR) is 87.6 cm³/mol. The van der Waals surface area contributed by atoms with E-state index in [1.54, 1.807) is 0 Å². The molecule has 18 heteroatoms. The van der Waals surface area contributed by atoms with Gasteiger partial charge in [0.2, 0.25) is 0 Å². The average molecular weight is 488 g/mol. The van der Waals surface area contributed by atoms with Crippen LogP contribution in [0, 0.1) is 0 Å². The summed E-state index contributed by atoms with van der Waals surface area (Å²) in [4.78, 5) is 59.3. The van der Waals surface area contributed by atoms with Gasteiger partial charge in [0.25, 0.3) is 23.5 Å². The predicted octanol–water partition coefficient (Wildman–Crippen LogP) is -0.0897. The molecule has 0 bridgehead atoms. The number of phosphoric ester groups is 1. The first-order valence-electron chi connectivity index (χ1n) is 6.74. The topological polar surface area (TPSA) is 229 Å². The Morgan fingerprint density at radius 3 is 2.04 bits per heavy atom. The minimum Gasteiger partial charge on any atom is -0.770 e. The van der Waals surface area contributed by atoms with E-state index in [1.165, 1.54) is 12.2 Å². The number of hydrogen-bond acceptors (Lipinski definition) is 12. The van der Waals surface area contributed by atoms with Crippen LogP contribution in [0.1, 0.15) is 19.3 Å². The van der Waals surface area contributed by atoms with Crippen LogP contribution in [0.15, 0.2) is 24.3 Å². The zero-order valence-electron chi connectivity index (χ0n) is 13.5. The van der Waals surface area contributed by atoms with Gasteiger partial charge >= 0.3 is 0 Å². The van der Waals surface area contributed by atoms with Crippen LogP contribution in [-0.2, 0) is 31.4 Å². The van der Waals surface area contributed by atoms with Gasteiger partial charge in [-0.15, -0.1) is 0 Å². The lowest BCUT2D eigenvalue weighted by Gasteiger charge is -2.27. The molecule has 0 amide bonds. The lowest BCUT2D eigenvalue weighted by Crippen LogP contribution is -2.12. The van der Waals surface area contributed by atoms with E-state index < -0.39 is 36.9 Å². The third-order valence-corrected chi connectivity index (χ3v) is 8.67. The maximum Gasteiger partial charge on any atom is 0.274 e. The van der Waals surface area contributed by atoms with Gasteiger partial charge in [-0.2, -0.15) is 0 Å². The molecule has 0 aromatic heterocycles. The van der Waals surface area contributed by atoms with E-state index in [4.69, 9.17) is 9.79 Å². The lowest BCUT2D eigenvalue weighted by molar-refractivity contribution is -0.241. The zero-order valence-corrected chi connectivity index (χ0v) is 17.9. The van der Waals surface area contributed by atoms with Crippen LogP contribution in [0.4, 0.5) is 0 Å².